The molecule has 4 rings (SSSR count). The predicted octanol–water partition coefficient (Wildman–Crippen LogP) is 11.1. The smallest absolute Gasteiger partial charge is 0.192 e. The molecule has 0 aromatic rings. The molecule has 44 heavy (non-hydrogen) atoms. The van der Waals surface area contributed by atoms with Crippen LogP contribution in [-0.2, 0) is 8.85 Å². The van der Waals surface area contributed by atoms with Crippen molar-refractivity contribution in [2.24, 2.45) is 29.1 Å². The maximum absolute atomic E-state index is 10.5. The van der Waals surface area contributed by atoms with Crippen molar-refractivity contribution in [1.82, 2.24) is 0 Å². The summed E-state index contributed by atoms with van der Waals surface area (Å²) in [6, 6.07) is 0. The SMILES string of the molecule is C=C1/C(=C\C=C2/CCC[C@]3(C)[C@@H]([C@H](C)C=CC(O)C4CC4)CC[C@@H]23)C[C@H](O[Si](C)(C)C(C)(C)C)C[C@H]1O[Si](C)(C)C(C)(C)C. The number of fused-ring (bicyclic) bond motifs is 1. The molecule has 0 radical (unpaired) electrons. The van der Waals surface area contributed by atoms with Gasteiger partial charge in [0.25, 0.3) is 0 Å². The molecule has 0 saturated heterocycles. The normalized spacial score (nSPS) is 34.2. The highest BCUT2D eigenvalue weighted by Crippen LogP contribution is 2.59. The molecule has 4 saturated carbocycles. The molecule has 0 spiro atoms. The molecule has 0 heterocycles. The van der Waals surface area contributed by atoms with Crippen LogP contribution in [-0.4, -0.2) is 40.1 Å². The highest BCUT2D eigenvalue weighted by molar-refractivity contribution is 6.74. The van der Waals surface area contributed by atoms with Crippen molar-refractivity contribution in [3.8, 4) is 0 Å². The Labute approximate surface area is 274 Å². The van der Waals surface area contributed by atoms with Crippen LogP contribution in [0.3, 0.4) is 0 Å². The Bertz CT molecular complexity index is 1130. The molecule has 0 aromatic heterocycles. The second kappa shape index (κ2) is 13.1. The van der Waals surface area contributed by atoms with E-state index < -0.39 is 16.6 Å². The van der Waals surface area contributed by atoms with Crippen molar-refractivity contribution in [3.63, 3.8) is 0 Å². The molecule has 4 aliphatic carbocycles. The van der Waals surface area contributed by atoms with E-state index in [1.807, 2.05) is 0 Å². The quantitative estimate of drug-likeness (QED) is 0.201. The van der Waals surface area contributed by atoms with E-state index >= 15 is 0 Å². The van der Waals surface area contributed by atoms with Crippen LogP contribution < -0.4 is 0 Å². The van der Waals surface area contributed by atoms with Gasteiger partial charge in [0, 0.05) is 6.42 Å². The summed E-state index contributed by atoms with van der Waals surface area (Å²) in [7, 11) is -3.90. The molecular weight excluding hydrogens is 573 g/mol. The summed E-state index contributed by atoms with van der Waals surface area (Å²) in [6.45, 7) is 33.2. The lowest BCUT2D eigenvalue weighted by molar-refractivity contribution is 0.0969. The number of hydrogen-bond donors (Lipinski definition) is 1. The van der Waals surface area contributed by atoms with Gasteiger partial charge in [0.05, 0.1) is 18.3 Å². The monoisotopic (exact) mass is 640 g/mol. The van der Waals surface area contributed by atoms with Gasteiger partial charge in [0.2, 0.25) is 0 Å². The van der Waals surface area contributed by atoms with Gasteiger partial charge in [-0.2, -0.15) is 0 Å². The molecule has 5 heteroatoms. The topological polar surface area (TPSA) is 38.7 Å². The fraction of sp³-hybridized carbons (Fsp3) is 0.795. The molecule has 4 fully saturated rings. The maximum atomic E-state index is 10.5. The van der Waals surface area contributed by atoms with Crippen LogP contribution in [0.1, 0.15) is 113 Å². The zero-order valence-corrected chi connectivity index (χ0v) is 32.7. The van der Waals surface area contributed by atoms with Crippen LogP contribution >= 0.6 is 0 Å². The summed E-state index contributed by atoms with van der Waals surface area (Å²) in [4.78, 5) is 0. The first-order chi connectivity index (χ1) is 20.2. The summed E-state index contributed by atoms with van der Waals surface area (Å²) in [5.74, 6) is 2.35. The van der Waals surface area contributed by atoms with Crippen LogP contribution in [0.5, 0.6) is 0 Å². The van der Waals surface area contributed by atoms with E-state index in [0.29, 0.717) is 29.1 Å². The lowest BCUT2D eigenvalue weighted by Gasteiger charge is -2.45. The maximum Gasteiger partial charge on any atom is 0.192 e. The Hall–Kier alpha value is -0.726. The molecular formula is C39H68O3Si2. The second-order valence-electron chi connectivity index (χ2n) is 18.4. The molecule has 1 N–H and O–H groups in total. The number of allylic oxidation sites excluding steroid dienone is 4. The number of hydrogen-bond acceptors (Lipinski definition) is 3. The van der Waals surface area contributed by atoms with Gasteiger partial charge in [-0.15, -0.1) is 0 Å². The first kappa shape index (κ1) is 36.1. The lowest BCUT2D eigenvalue weighted by Crippen LogP contribution is -2.49. The van der Waals surface area contributed by atoms with Crippen LogP contribution in [0.15, 0.2) is 47.6 Å². The highest BCUT2D eigenvalue weighted by atomic mass is 28.4. The van der Waals surface area contributed by atoms with E-state index in [9.17, 15) is 5.11 Å². The van der Waals surface area contributed by atoms with Gasteiger partial charge < -0.3 is 14.0 Å². The molecule has 3 nitrogen and oxygen atoms in total. The average Bonchev–Trinajstić information content (AvgIpc) is 3.68. The van der Waals surface area contributed by atoms with E-state index in [-0.39, 0.29) is 28.4 Å². The van der Waals surface area contributed by atoms with Crippen LogP contribution in [0, 0.1) is 29.1 Å². The fourth-order valence-corrected chi connectivity index (χ4v) is 10.6. The average molecular weight is 641 g/mol. The molecule has 0 bridgehead atoms. The van der Waals surface area contributed by atoms with Crippen molar-refractivity contribution < 1.29 is 14.0 Å². The van der Waals surface area contributed by atoms with Gasteiger partial charge >= 0.3 is 0 Å². The number of aliphatic hydroxyl groups excluding tert-OH is 1. The molecule has 0 aliphatic heterocycles. The van der Waals surface area contributed by atoms with E-state index in [4.69, 9.17) is 8.85 Å². The van der Waals surface area contributed by atoms with Gasteiger partial charge in [-0.25, -0.2) is 0 Å². The van der Waals surface area contributed by atoms with Gasteiger partial charge in [-0.3, -0.25) is 0 Å². The number of aliphatic hydroxyl groups is 1. The van der Waals surface area contributed by atoms with Gasteiger partial charge in [-0.1, -0.05) is 91.8 Å². The van der Waals surface area contributed by atoms with E-state index in [1.165, 1.54) is 56.1 Å². The first-order valence-electron chi connectivity index (χ1n) is 18.0. The summed E-state index contributed by atoms with van der Waals surface area (Å²) < 4.78 is 14.2. The standard InChI is InChI=1S/C39H68O3Si2/c1-27(16-23-35(40)30-18-19-30)33-21-22-34-29(15-14-24-39(33,34)9)17-20-31-25-32(41-43(10,11)37(3,4)5)26-36(28(31)2)42-44(12,13)38(6,7)8/h16-17,20,23,27,30,32-36,40H,2,14-15,18-19,21-22,24-26H2,1,3-13H3/b23-16?,29-17+,31-20-/t27-,32+,33-,34+,35?,36-,39-/m1/s1. The van der Waals surface area contributed by atoms with E-state index in [2.05, 4.69) is 112 Å². The largest absolute Gasteiger partial charge is 0.413 e. The molecule has 250 valence electrons. The van der Waals surface area contributed by atoms with Crippen molar-refractivity contribution in [2.75, 3.05) is 0 Å². The van der Waals surface area contributed by atoms with Gasteiger partial charge in [0.1, 0.15) is 0 Å². The van der Waals surface area contributed by atoms with Crippen LogP contribution in [0.2, 0.25) is 36.3 Å². The van der Waals surface area contributed by atoms with Crippen molar-refractivity contribution in [3.05, 3.63) is 47.6 Å². The molecule has 1 unspecified atom stereocenters. The Morgan fingerprint density at radius 3 is 2.11 bits per heavy atom. The predicted molar refractivity (Wildman–Crippen MR) is 194 cm³/mol. The zero-order chi connectivity index (χ0) is 32.9. The van der Waals surface area contributed by atoms with Gasteiger partial charge in [0.15, 0.2) is 16.6 Å². The molecule has 0 amide bonds. The second-order valence-corrected chi connectivity index (χ2v) is 27.9. The summed E-state index contributed by atoms with van der Waals surface area (Å²) in [5, 5.41) is 10.8. The summed E-state index contributed by atoms with van der Waals surface area (Å²) in [5.41, 5.74) is 4.49. The minimum Gasteiger partial charge on any atom is -0.413 e. The fourth-order valence-electron chi connectivity index (χ4n) is 7.93. The summed E-state index contributed by atoms with van der Waals surface area (Å²) >= 11 is 0. The summed E-state index contributed by atoms with van der Waals surface area (Å²) in [6.07, 6.45) is 19.9. The Morgan fingerprint density at radius 1 is 0.909 bits per heavy atom. The third-order valence-corrected chi connectivity index (χ3v) is 22.1. The third kappa shape index (κ3) is 7.86. The van der Waals surface area contributed by atoms with Crippen molar-refractivity contribution in [2.45, 2.75) is 168 Å². The van der Waals surface area contributed by atoms with Crippen LogP contribution in [0.4, 0.5) is 0 Å². The minimum absolute atomic E-state index is 0.0233. The third-order valence-electron chi connectivity index (χ3n) is 13.1. The van der Waals surface area contributed by atoms with Crippen LogP contribution in [0.25, 0.3) is 0 Å². The molecule has 7 atom stereocenters. The van der Waals surface area contributed by atoms with E-state index in [0.717, 1.165) is 12.8 Å². The zero-order valence-electron chi connectivity index (χ0n) is 30.7. The minimum atomic E-state index is -1.98. The van der Waals surface area contributed by atoms with Crippen molar-refractivity contribution in [1.29, 1.82) is 0 Å². The highest BCUT2D eigenvalue weighted by Gasteiger charge is 2.50. The first-order valence-corrected chi connectivity index (χ1v) is 23.8. The van der Waals surface area contributed by atoms with Gasteiger partial charge in [-0.05, 0) is 128 Å². The molecule has 4 aliphatic rings. The Balaban J connectivity index is 1.57. The van der Waals surface area contributed by atoms with Crippen molar-refractivity contribution >= 4 is 16.6 Å². The lowest BCUT2D eigenvalue weighted by atomic mass is 9.61. The molecule has 0 aromatic carbocycles. The Kier molecular flexibility index (Phi) is 10.7. The van der Waals surface area contributed by atoms with E-state index in [1.54, 1.807) is 5.57 Å². The number of rotatable bonds is 9. The Morgan fingerprint density at radius 2 is 1.52 bits per heavy atom.